The van der Waals surface area contributed by atoms with Gasteiger partial charge in [0.25, 0.3) is 0 Å². The van der Waals surface area contributed by atoms with Gasteiger partial charge in [0.2, 0.25) is 0 Å². The number of hydrogen-bond donors (Lipinski definition) is 0. The Bertz CT molecular complexity index is 538. The Hall–Kier alpha value is -1.55. The molecule has 0 radical (unpaired) electrons. The van der Waals surface area contributed by atoms with Gasteiger partial charge in [-0.05, 0) is 11.6 Å². The molecule has 0 amide bonds. The summed E-state index contributed by atoms with van der Waals surface area (Å²) in [7, 11) is 0. The molecule has 1 heterocycles. The Morgan fingerprint density at radius 1 is 1.11 bits per heavy atom. The molecule has 1 aromatic carbocycles. The molecule has 0 saturated heterocycles. The van der Waals surface area contributed by atoms with Crippen molar-refractivity contribution < 1.29 is 13.2 Å². The molecule has 0 saturated carbocycles. The van der Waals surface area contributed by atoms with Crippen LogP contribution in [0.4, 0.5) is 13.2 Å². The van der Waals surface area contributed by atoms with Crippen LogP contribution in [-0.4, -0.2) is 4.98 Å². The molecular formula is C13H9ClF3N. The van der Waals surface area contributed by atoms with Crippen molar-refractivity contribution in [3.8, 4) is 11.3 Å². The standard InChI is InChI=1S/C13H9ClF3N/c14-7-9-6-11(13(15,16)17)12(18-8-9)10-4-2-1-3-5-10/h1-6,8H,7H2. The number of alkyl halides is 4. The molecule has 0 aliphatic carbocycles. The molecule has 94 valence electrons. The molecule has 1 aromatic heterocycles. The van der Waals surface area contributed by atoms with E-state index in [0.29, 0.717) is 11.1 Å². The highest BCUT2D eigenvalue weighted by Gasteiger charge is 2.34. The van der Waals surface area contributed by atoms with Gasteiger partial charge in [0.05, 0.1) is 11.3 Å². The van der Waals surface area contributed by atoms with Gasteiger partial charge < -0.3 is 0 Å². The zero-order valence-corrected chi connectivity index (χ0v) is 9.96. The molecule has 0 atom stereocenters. The summed E-state index contributed by atoms with van der Waals surface area (Å²) in [5.41, 5.74) is -0.0431. The highest BCUT2D eigenvalue weighted by atomic mass is 35.5. The van der Waals surface area contributed by atoms with E-state index in [1.165, 1.54) is 6.20 Å². The first kappa shape index (κ1) is 12.9. The first-order valence-corrected chi connectivity index (χ1v) is 5.73. The maximum absolute atomic E-state index is 13.0. The molecule has 0 spiro atoms. The molecule has 18 heavy (non-hydrogen) atoms. The number of rotatable bonds is 2. The topological polar surface area (TPSA) is 12.9 Å². The van der Waals surface area contributed by atoms with Gasteiger partial charge in [0.15, 0.2) is 0 Å². The summed E-state index contributed by atoms with van der Waals surface area (Å²) in [4.78, 5) is 3.88. The van der Waals surface area contributed by atoms with Crippen molar-refractivity contribution in [2.24, 2.45) is 0 Å². The first-order valence-electron chi connectivity index (χ1n) is 5.20. The van der Waals surface area contributed by atoms with Gasteiger partial charge in [-0.25, -0.2) is 0 Å². The average molecular weight is 272 g/mol. The van der Waals surface area contributed by atoms with Crippen molar-refractivity contribution in [2.45, 2.75) is 12.1 Å². The fourth-order valence-electron chi connectivity index (χ4n) is 1.62. The van der Waals surface area contributed by atoms with Gasteiger partial charge in [0.1, 0.15) is 0 Å². The highest BCUT2D eigenvalue weighted by Crippen LogP contribution is 2.36. The van der Waals surface area contributed by atoms with E-state index in [1.807, 2.05) is 0 Å². The number of benzene rings is 1. The minimum absolute atomic E-state index is 0.00511. The Kier molecular flexibility index (Phi) is 3.57. The lowest BCUT2D eigenvalue weighted by atomic mass is 10.0. The smallest absolute Gasteiger partial charge is 0.255 e. The van der Waals surface area contributed by atoms with Crippen molar-refractivity contribution in [1.29, 1.82) is 0 Å². The van der Waals surface area contributed by atoms with Gasteiger partial charge in [-0.3, -0.25) is 4.98 Å². The van der Waals surface area contributed by atoms with Crippen LogP contribution in [-0.2, 0) is 12.1 Å². The maximum atomic E-state index is 13.0. The van der Waals surface area contributed by atoms with E-state index in [1.54, 1.807) is 30.3 Å². The molecule has 0 fully saturated rings. The molecule has 0 aliphatic heterocycles. The number of hydrogen-bond acceptors (Lipinski definition) is 1. The summed E-state index contributed by atoms with van der Waals surface area (Å²) >= 11 is 5.54. The van der Waals surface area contributed by atoms with Gasteiger partial charge in [-0.15, -0.1) is 11.6 Å². The summed E-state index contributed by atoms with van der Waals surface area (Å²) in [5.74, 6) is 0.00511. The van der Waals surface area contributed by atoms with E-state index < -0.39 is 11.7 Å². The van der Waals surface area contributed by atoms with Crippen molar-refractivity contribution >= 4 is 11.6 Å². The fraction of sp³-hybridized carbons (Fsp3) is 0.154. The van der Waals surface area contributed by atoms with Crippen molar-refractivity contribution in [1.82, 2.24) is 4.98 Å². The number of nitrogens with zero attached hydrogens (tertiary/aromatic N) is 1. The fourth-order valence-corrected chi connectivity index (χ4v) is 1.77. The van der Waals surface area contributed by atoms with E-state index in [0.717, 1.165) is 6.07 Å². The van der Waals surface area contributed by atoms with Crippen LogP contribution in [0.5, 0.6) is 0 Å². The molecule has 2 aromatic rings. The van der Waals surface area contributed by atoms with E-state index in [-0.39, 0.29) is 11.6 Å². The van der Waals surface area contributed by atoms with Gasteiger partial charge in [-0.1, -0.05) is 30.3 Å². The van der Waals surface area contributed by atoms with Gasteiger partial charge in [-0.2, -0.15) is 13.2 Å². The lowest BCUT2D eigenvalue weighted by Gasteiger charge is -2.13. The van der Waals surface area contributed by atoms with Gasteiger partial charge in [0, 0.05) is 17.6 Å². The maximum Gasteiger partial charge on any atom is 0.418 e. The molecule has 0 bridgehead atoms. The molecule has 2 rings (SSSR count). The zero-order chi connectivity index (χ0) is 13.2. The highest BCUT2D eigenvalue weighted by molar-refractivity contribution is 6.17. The SMILES string of the molecule is FC(F)(F)c1cc(CCl)cnc1-c1ccccc1. The van der Waals surface area contributed by atoms with Crippen molar-refractivity contribution in [3.63, 3.8) is 0 Å². The summed E-state index contributed by atoms with van der Waals surface area (Å²) in [5, 5.41) is 0. The van der Waals surface area contributed by atoms with Crippen LogP contribution >= 0.6 is 11.6 Å². The molecule has 1 nitrogen and oxygen atoms in total. The molecule has 0 N–H and O–H groups in total. The van der Waals surface area contributed by atoms with Crippen molar-refractivity contribution in [3.05, 3.63) is 53.7 Å². The zero-order valence-electron chi connectivity index (χ0n) is 9.21. The third-order valence-electron chi connectivity index (χ3n) is 2.45. The Balaban J connectivity index is 2.61. The number of aromatic nitrogens is 1. The minimum atomic E-state index is -4.44. The van der Waals surface area contributed by atoms with Crippen molar-refractivity contribution in [2.75, 3.05) is 0 Å². The molecule has 5 heteroatoms. The molecular weight excluding hydrogens is 263 g/mol. The van der Waals surface area contributed by atoms with Crippen LogP contribution in [0, 0.1) is 0 Å². The lowest BCUT2D eigenvalue weighted by Crippen LogP contribution is -2.09. The summed E-state index contributed by atoms with van der Waals surface area (Å²) in [6, 6.07) is 9.32. The third kappa shape index (κ3) is 2.64. The van der Waals surface area contributed by atoms with E-state index in [2.05, 4.69) is 4.98 Å². The Morgan fingerprint density at radius 3 is 2.33 bits per heavy atom. The Morgan fingerprint density at radius 2 is 1.78 bits per heavy atom. The third-order valence-corrected chi connectivity index (χ3v) is 2.76. The van der Waals surface area contributed by atoms with Crippen LogP contribution < -0.4 is 0 Å². The molecule has 0 unspecified atom stereocenters. The van der Waals surface area contributed by atoms with E-state index in [9.17, 15) is 13.2 Å². The largest absolute Gasteiger partial charge is 0.418 e. The minimum Gasteiger partial charge on any atom is -0.255 e. The van der Waals surface area contributed by atoms with Crippen LogP contribution in [0.3, 0.4) is 0 Å². The van der Waals surface area contributed by atoms with Crippen LogP contribution in [0.2, 0.25) is 0 Å². The predicted molar refractivity (Wildman–Crippen MR) is 64.2 cm³/mol. The van der Waals surface area contributed by atoms with E-state index in [4.69, 9.17) is 11.6 Å². The predicted octanol–water partition coefficient (Wildman–Crippen LogP) is 4.51. The number of pyridine rings is 1. The second-order valence-corrected chi connectivity index (χ2v) is 4.00. The normalized spacial score (nSPS) is 11.6. The lowest BCUT2D eigenvalue weighted by molar-refractivity contribution is -0.137. The second kappa shape index (κ2) is 4.98. The summed E-state index contributed by atoms with van der Waals surface area (Å²) < 4.78 is 38.9. The Labute approximate surface area is 107 Å². The summed E-state index contributed by atoms with van der Waals surface area (Å²) in [6.07, 6.45) is -3.08. The summed E-state index contributed by atoms with van der Waals surface area (Å²) in [6.45, 7) is 0. The van der Waals surface area contributed by atoms with Gasteiger partial charge >= 0.3 is 6.18 Å². The first-order chi connectivity index (χ1) is 8.52. The monoisotopic (exact) mass is 271 g/mol. The quantitative estimate of drug-likeness (QED) is 0.733. The van der Waals surface area contributed by atoms with E-state index >= 15 is 0 Å². The second-order valence-electron chi connectivity index (χ2n) is 3.74. The van der Waals surface area contributed by atoms with Crippen LogP contribution in [0.1, 0.15) is 11.1 Å². The average Bonchev–Trinajstić information content (AvgIpc) is 2.38. The van der Waals surface area contributed by atoms with Crippen LogP contribution in [0.15, 0.2) is 42.6 Å². The van der Waals surface area contributed by atoms with Crippen LogP contribution in [0.25, 0.3) is 11.3 Å². The number of halogens is 4. The molecule has 0 aliphatic rings.